The highest BCUT2D eigenvalue weighted by atomic mass is 16.4. The van der Waals surface area contributed by atoms with Gasteiger partial charge in [0.15, 0.2) is 0 Å². The molecule has 1 saturated heterocycles. The SMILES string of the molecule is CC(C)(C)C1CC(O)CN(C(=O)O)C1. The van der Waals surface area contributed by atoms with E-state index in [1.165, 1.54) is 4.90 Å². The molecule has 4 heteroatoms. The van der Waals surface area contributed by atoms with Gasteiger partial charge in [0.1, 0.15) is 0 Å². The average molecular weight is 201 g/mol. The Morgan fingerprint density at radius 1 is 1.36 bits per heavy atom. The van der Waals surface area contributed by atoms with Crippen molar-refractivity contribution >= 4 is 6.09 Å². The molecule has 1 heterocycles. The first-order valence-corrected chi connectivity index (χ1v) is 4.96. The molecule has 1 rings (SSSR count). The van der Waals surface area contributed by atoms with Crippen molar-refractivity contribution in [2.45, 2.75) is 33.3 Å². The smallest absolute Gasteiger partial charge is 0.407 e. The molecule has 82 valence electrons. The first-order valence-electron chi connectivity index (χ1n) is 4.96. The maximum absolute atomic E-state index is 10.8. The van der Waals surface area contributed by atoms with Crippen molar-refractivity contribution in [1.82, 2.24) is 4.90 Å². The van der Waals surface area contributed by atoms with Crippen LogP contribution in [0, 0.1) is 11.3 Å². The number of carboxylic acid groups (broad SMARTS) is 1. The van der Waals surface area contributed by atoms with E-state index in [4.69, 9.17) is 5.11 Å². The Morgan fingerprint density at radius 3 is 2.36 bits per heavy atom. The Bertz CT molecular complexity index is 222. The molecule has 0 spiro atoms. The molecule has 1 fully saturated rings. The number of rotatable bonds is 0. The number of hydrogen-bond donors (Lipinski definition) is 2. The fourth-order valence-corrected chi connectivity index (χ4v) is 1.86. The van der Waals surface area contributed by atoms with Gasteiger partial charge in [-0.1, -0.05) is 20.8 Å². The quantitative estimate of drug-likeness (QED) is 0.622. The van der Waals surface area contributed by atoms with E-state index in [0.29, 0.717) is 13.0 Å². The molecule has 0 aromatic carbocycles. The highest BCUT2D eigenvalue weighted by Gasteiger charge is 2.35. The average Bonchev–Trinajstić information content (AvgIpc) is 2.01. The minimum absolute atomic E-state index is 0.0507. The zero-order valence-corrected chi connectivity index (χ0v) is 9.03. The van der Waals surface area contributed by atoms with E-state index in [-0.39, 0.29) is 17.9 Å². The first-order chi connectivity index (χ1) is 6.30. The molecule has 1 aliphatic heterocycles. The van der Waals surface area contributed by atoms with Gasteiger partial charge in [-0.05, 0) is 17.8 Å². The summed E-state index contributed by atoms with van der Waals surface area (Å²) < 4.78 is 0. The molecule has 0 aromatic heterocycles. The molecule has 1 amide bonds. The third-order valence-electron chi connectivity index (χ3n) is 2.92. The summed E-state index contributed by atoms with van der Waals surface area (Å²) in [5.41, 5.74) is 0.0507. The van der Waals surface area contributed by atoms with Gasteiger partial charge in [0, 0.05) is 13.1 Å². The van der Waals surface area contributed by atoms with Gasteiger partial charge >= 0.3 is 6.09 Å². The van der Waals surface area contributed by atoms with Gasteiger partial charge in [-0.25, -0.2) is 4.79 Å². The van der Waals surface area contributed by atoms with Gasteiger partial charge < -0.3 is 15.1 Å². The molecule has 2 atom stereocenters. The van der Waals surface area contributed by atoms with Crippen molar-refractivity contribution in [3.8, 4) is 0 Å². The molecule has 4 nitrogen and oxygen atoms in total. The van der Waals surface area contributed by atoms with Crippen molar-refractivity contribution in [2.24, 2.45) is 11.3 Å². The number of aliphatic hydroxyl groups excluding tert-OH is 1. The molecule has 1 aliphatic rings. The standard InChI is InChI=1S/C10H19NO3/c1-10(2,3)7-4-8(12)6-11(5-7)9(13)14/h7-8,12H,4-6H2,1-3H3,(H,13,14). The van der Waals surface area contributed by atoms with Crippen molar-refractivity contribution < 1.29 is 15.0 Å². The Morgan fingerprint density at radius 2 is 1.93 bits per heavy atom. The number of β-amino-alcohol motifs (C(OH)–C–C–N with tert-alkyl or cyclic N) is 1. The maximum atomic E-state index is 10.8. The van der Waals surface area contributed by atoms with E-state index < -0.39 is 12.2 Å². The molecule has 2 N–H and O–H groups in total. The molecule has 0 bridgehead atoms. The number of carbonyl (C=O) groups is 1. The van der Waals surface area contributed by atoms with E-state index in [1.807, 2.05) is 0 Å². The Kier molecular flexibility index (Phi) is 3.04. The normalized spacial score (nSPS) is 29.0. The van der Waals surface area contributed by atoms with Gasteiger partial charge in [-0.3, -0.25) is 0 Å². The summed E-state index contributed by atoms with van der Waals surface area (Å²) in [5.74, 6) is 0.238. The maximum Gasteiger partial charge on any atom is 0.407 e. The number of hydrogen-bond acceptors (Lipinski definition) is 2. The van der Waals surface area contributed by atoms with Crippen LogP contribution in [0.3, 0.4) is 0 Å². The van der Waals surface area contributed by atoms with Crippen LogP contribution in [0.25, 0.3) is 0 Å². The number of likely N-dealkylation sites (tertiary alicyclic amines) is 1. The van der Waals surface area contributed by atoms with Crippen LogP contribution < -0.4 is 0 Å². The Hall–Kier alpha value is -0.770. The van der Waals surface area contributed by atoms with Crippen LogP contribution in [0.4, 0.5) is 4.79 Å². The predicted octanol–water partition coefficient (Wildman–Crippen LogP) is 1.39. The molecule has 0 saturated carbocycles. The highest BCUT2D eigenvalue weighted by Crippen LogP contribution is 2.33. The molecule has 2 unspecified atom stereocenters. The van der Waals surface area contributed by atoms with Crippen LogP contribution in [0.5, 0.6) is 0 Å². The predicted molar refractivity (Wildman–Crippen MR) is 53.2 cm³/mol. The molecule has 0 aliphatic carbocycles. The van der Waals surface area contributed by atoms with E-state index in [0.717, 1.165) is 0 Å². The van der Waals surface area contributed by atoms with Crippen LogP contribution in [0.1, 0.15) is 27.2 Å². The number of aliphatic hydroxyl groups is 1. The summed E-state index contributed by atoms with van der Waals surface area (Å²) >= 11 is 0. The van der Waals surface area contributed by atoms with E-state index >= 15 is 0 Å². The minimum Gasteiger partial charge on any atom is -0.465 e. The summed E-state index contributed by atoms with van der Waals surface area (Å²) in [6.45, 7) is 7.03. The second-order valence-corrected chi connectivity index (χ2v) is 5.14. The Labute approximate surface area is 84.5 Å². The lowest BCUT2D eigenvalue weighted by atomic mass is 9.75. The van der Waals surface area contributed by atoms with E-state index in [2.05, 4.69) is 20.8 Å². The van der Waals surface area contributed by atoms with Crippen LogP contribution in [0.15, 0.2) is 0 Å². The van der Waals surface area contributed by atoms with Gasteiger partial charge in [-0.2, -0.15) is 0 Å². The topological polar surface area (TPSA) is 60.8 Å². The minimum atomic E-state index is -0.932. The monoisotopic (exact) mass is 201 g/mol. The highest BCUT2D eigenvalue weighted by molar-refractivity contribution is 5.65. The third kappa shape index (κ3) is 2.61. The van der Waals surface area contributed by atoms with Gasteiger partial charge in [0.2, 0.25) is 0 Å². The van der Waals surface area contributed by atoms with Gasteiger partial charge in [-0.15, -0.1) is 0 Å². The lowest BCUT2D eigenvalue weighted by molar-refractivity contribution is 0.00959. The van der Waals surface area contributed by atoms with Crippen LogP contribution in [-0.4, -0.2) is 40.4 Å². The second kappa shape index (κ2) is 3.77. The fraction of sp³-hybridized carbons (Fsp3) is 0.900. The van der Waals surface area contributed by atoms with Gasteiger partial charge in [0.05, 0.1) is 6.10 Å². The fourth-order valence-electron chi connectivity index (χ4n) is 1.86. The number of nitrogens with zero attached hydrogens (tertiary/aromatic N) is 1. The molecule has 14 heavy (non-hydrogen) atoms. The molecular formula is C10H19NO3. The molecular weight excluding hydrogens is 182 g/mol. The third-order valence-corrected chi connectivity index (χ3v) is 2.92. The Balaban J connectivity index is 2.68. The summed E-state index contributed by atoms with van der Waals surface area (Å²) in [7, 11) is 0. The van der Waals surface area contributed by atoms with Crippen molar-refractivity contribution in [3.63, 3.8) is 0 Å². The van der Waals surface area contributed by atoms with E-state index in [1.54, 1.807) is 0 Å². The zero-order valence-electron chi connectivity index (χ0n) is 9.03. The summed E-state index contributed by atoms with van der Waals surface area (Å²) in [6, 6.07) is 0. The van der Waals surface area contributed by atoms with Crippen molar-refractivity contribution in [1.29, 1.82) is 0 Å². The zero-order chi connectivity index (χ0) is 10.9. The summed E-state index contributed by atoms with van der Waals surface area (Å²) in [5, 5.41) is 18.4. The largest absolute Gasteiger partial charge is 0.465 e. The lowest BCUT2D eigenvalue weighted by Crippen LogP contribution is -2.48. The van der Waals surface area contributed by atoms with Crippen molar-refractivity contribution in [3.05, 3.63) is 0 Å². The van der Waals surface area contributed by atoms with Crippen LogP contribution in [-0.2, 0) is 0 Å². The van der Waals surface area contributed by atoms with Crippen LogP contribution in [0.2, 0.25) is 0 Å². The van der Waals surface area contributed by atoms with Crippen molar-refractivity contribution in [2.75, 3.05) is 13.1 Å². The van der Waals surface area contributed by atoms with Gasteiger partial charge in [0.25, 0.3) is 0 Å². The van der Waals surface area contributed by atoms with Crippen LogP contribution >= 0.6 is 0 Å². The summed E-state index contributed by atoms with van der Waals surface area (Å²) in [6.07, 6.45) is -0.741. The number of piperidine rings is 1. The van der Waals surface area contributed by atoms with E-state index in [9.17, 15) is 9.90 Å². The number of amides is 1. The molecule has 0 aromatic rings. The lowest BCUT2D eigenvalue weighted by Gasteiger charge is -2.40. The first kappa shape index (κ1) is 11.3. The molecule has 0 radical (unpaired) electrons. The summed E-state index contributed by atoms with van der Waals surface area (Å²) in [4.78, 5) is 12.1. The second-order valence-electron chi connectivity index (χ2n) is 5.14.